The first kappa shape index (κ1) is 18.8. The van der Waals surface area contributed by atoms with E-state index < -0.39 is 0 Å². The van der Waals surface area contributed by atoms with Crippen molar-refractivity contribution in [3.63, 3.8) is 0 Å². The fraction of sp³-hybridized carbons (Fsp3) is 0.375. The molecule has 1 N–H and O–H groups in total. The maximum atomic E-state index is 13.4. The summed E-state index contributed by atoms with van der Waals surface area (Å²) < 4.78 is 0. The maximum Gasteiger partial charge on any atom is 0.244 e. The van der Waals surface area contributed by atoms with Crippen LogP contribution >= 0.6 is 0 Å². The Kier molecular flexibility index (Phi) is 5.49. The number of H-pyrrole nitrogens is 1. The molecule has 4 nitrogen and oxygen atoms in total. The lowest BCUT2D eigenvalue weighted by atomic mass is 9.88. The minimum atomic E-state index is -0.198. The normalized spacial score (nSPS) is 16.6. The Balaban J connectivity index is 1.48. The average molecular weight is 376 g/mol. The highest BCUT2D eigenvalue weighted by Gasteiger charge is 2.32. The van der Waals surface area contributed by atoms with E-state index in [2.05, 4.69) is 64.3 Å². The summed E-state index contributed by atoms with van der Waals surface area (Å²) in [7, 11) is 2.04. The van der Waals surface area contributed by atoms with Crippen LogP contribution in [-0.4, -0.2) is 47.4 Å². The van der Waals surface area contributed by atoms with Gasteiger partial charge < -0.3 is 9.88 Å². The van der Waals surface area contributed by atoms with Gasteiger partial charge in [0.25, 0.3) is 0 Å². The fourth-order valence-electron chi connectivity index (χ4n) is 4.42. The number of fused-ring (bicyclic) bond motifs is 1. The molecule has 0 radical (unpaired) electrons. The molecule has 2 aromatic carbocycles. The molecule has 1 aliphatic heterocycles. The van der Waals surface area contributed by atoms with Crippen LogP contribution in [0.15, 0.2) is 60.8 Å². The van der Waals surface area contributed by atoms with Gasteiger partial charge in [-0.15, -0.1) is 0 Å². The predicted molar refractivity (Wildman–Crippen MR) is 114 cm³/mol. The molecule has 146 valence electrons. The van der Waals surface area contributed by atoms with E-state index in [1.54, 1.807) is 0 Å². The van der Waals surface area contributed by atoms with E-state index >= 15 is 0 Å². The summed E-state index contributed by atoms with van der Waals surface area (Å²) >= 11 is 0. The molecule has 1 unspecified atom stereocenters. The van der Waals surface area contributed by atoms with Crippen LogP contribution in [0, 0.1) is 0 Å². The van der Waals surface area contributed by atoms with Gasteiger partial charge in [0.1, 0.15) is 6.04 Å². The molecule has 1 aliphatic rings. The molecular weight excluding hydrogens is 346 g/mol. The molecule has 28 heavy (non-hydrogen) atoms. The van der Waals surface area contributed by atoms with E-state index in [-0.39, 0.29) is 11.9 Å². The van der Waals surface area contributed by atoms with Gasteiger partial charge in [-0.3, -0.25) is 9.69 Å². The third-order valence-corrected chi connectivity index (χ3v) is 6.16. The monoisotopic (exact) mass is 375 g/mol. The molecule has 1 amide bonds. The first-order chi connectivity index (χ1) is 13.7. The number of aromatic nitrogens is 1. The van der Waals surface area contributed by atoms with Gasteiger partial charge in [0.15, 0.2) is 0 Å². The molecule has 1 atom stereocenters. The largest absolute Gasteiger partial charge is 0.361 e. The molecule has 1 saturated heterocycles. The van der Waals surface area contributed by atoms with Crippen molar-refractivity contribution in [3.05, 3.63) is 71.9 Å². The zero-order chi connectivity index (χ0) is 19.5. The maximum absolute atomic E-state index is 13.4. The molecule has 1 aromatic heterocycles. The SMILES string of the molecule is CCN(C)C(C(=O)N1CCC(c2c[nH]c3ccccc23)CC1)c1ccccc1. The molecule has 4 heteroatoms. The van der Waals surface area contributed by atoms with Gasteiger partial charge in [0, 0.05) is 30.2 Å². The summed E-state index contributed by atoms with van der Waals surface area (Å²) in [5.41, 5.74) is 3.67. The number of nitrogens with zero attached hydrogens (tertiary/aromatic N) is 2. The van der Waals surface area contributed by atoms with Crippen LogP contribution in [0.25, 0.3) is 10.9 Å². The second-order valence-corrected chi connectivity index (χ2v) is 7.78. The van der Waals surface area contributed by atoms with Crippen LogP contribution in [0.4, 0.5) is 0 Å². The number of hydrogen-bond donors (Lipinski definition) is 1. The average Bonchev–Trinajstić information content (AvgIpc) is 3.19. The van der Waals surface area contributed by atoms with Gasteiger partial charge in [-0.1, -0.05) is 55.5 Å². The molecule has 4 rings (SSSR count). The van der Waals surface area contributed by atoms with Gasteiger partial charge in [-0.05, 0) is 49.5 Å². The van der Waals surface area contributed by atoms with E-state index in [0.29, 0.717) is 5.92 Å². The molecule has 3 aromatic rings. The quantitative estimate of drug-likeness (QED) is 0.710. The third kappa shape index (κ3) is 3.57. The van der Waals surface area contributed by atoms with Crippen LogP contribution in [0.3, 0.4) is 0 Å². The van der Waals surface area contributed by atoms with Crippen molar-refractivity contribution in [2.75, 3.05) is 26.7 Å². The van der Waals surface area contributed by atoms with Gasteiger partial charge in [-0.25, -0.2) is 0 Å². The smallest absolute Gasteiger partial charge is 0.244 e. The Bertz CT molecular complexity index is 925. The van der Waals surface area contributed by atoms with Crippen LogP contribution in [0.2, 0.25) is 0 Å². The third-order valence-electron chi connectivity index (χ3n) is 6.16. The summed E-state index contributed by atoms with van der Waals surface area (Å²) in [4.78, 5) is 21.0. The highest BCUT2D eigenvalue weighted by molar-refractivity contribution is 5.84. The topological polar surface area (TPSA) is 39.3 Å². The highest BCUT2D eigenvalue weighted by atomic mass is 16.2. The van der Waals surface area contributed by atoms with E-state index in [1.807, 2.05) is 25.2 Å². The second-order valence-electron chi connectivity index (χ2n) is 7.78. The van der Waals surface area contributed by atoms with Gasteiger partial charge in [0.05, 0.1) is 0 Å². The molecule has 0 aliphatic carbocycles. The van der Waals surface area contributed by atoms with Gasteiger partial charge in [0.2, 0.25) is 5.91 Å². The summed E-state index contributed by atoms with van der Waals surface area (Å²) in [6.07, 6.45) is 4.19. The number of hydrogen-bond acceptors (Lipinski definition) is 2. The minimum Gasteiger partial charge on any atom is -0.361 e. The van der Waals surface area contributed by atoms with E-state index in [0.717, 1.165) is 38.0 Å². The first-order valence-corrected chi connectivity index (χ1v) is 10.3. The van der Waals surface area contributed by atoms with Gasteiger partial charge in [-0.2, -0.15) is 0 Å². The van der Waals surface area contributed by atoms with Crippen LogP contribution in [0.1, 0.15) is 42.9 Å². The number of carbonyl (C=O) groups excluding carboxylic acids is 1. The summed E-state index contributed by atoms with van der Waals surface area (Å²) in [5, 5.41) is 1.32. The van der Waals surface area contributed by atoms with Crippen molar-refractivity contribution in [2.24, 2.45) is 0 Å². The predicted octanol–water partition coefficient (Wildman–Crippen LogP) is 4.57. The van der Waals surface area contributed by atoms with Crippen molar-refractivity contribution >= 4 is 16.8 Å². The Hall–Kier alpha value is -2.59. The van der Waals surface area contributed by atoms with Crippen LogP contribution < -0.4 is 0 Å². The molecule has 0 saturated carbocycles. The van der Waals surface area contributed by atoms with Crippen molar-refractivity contribution in [3.8, 4) is 0 Å². The van der Waals surface area contributed by atoms with Crippen LogP contribution in [0.5, 0.6) is 0 Å². The van der Waals surface area contributed by atoms with Crippen molar-refractivity contribution in [2.45, 2.75) is 31.7 Å². The highest BCUT2D eigenvalue weighted by Crippen LogP contribution is 2.34. The number of carbonyl (C=O) groups is 1. The van der Waals surface area contributed by atoms with E-state index in [9.17, 15) is 4.79 Å². The number of rotatable bonds is 5. The number of amides is 1. The van der Waals surface area contributed by atoms with Crippen molar-refractivity contribution in [1.29, 1.82) is 0 Å². The Labute approximate surface area is 167 Å². The number of likely N-dealkylation sites (tertiary alicyclic amines) is 1. The molecule has 0 spiro atoms. The number of nitrogens with one attached hydrogen (secondary N) is 1. The standard InChI is InChI=1S/C24H29N3O/c1-3-26(2)23(19-9-5-4-6-10-19)24(28)27-15-13-18(14-16-27)21-17-25-22-12-8-7-11-20(21)22/h4-12,17-18,23,25H,3,13-16H2,1-2H3. The Morgan fingerprint density at radius 3 is 2.50 bits per heavy atom. The van der Waals surface area contributed by atoms with Crippen LogP contribution in [-0.2, 0) is 4.79 Å². The van der Waals surface area contributed by atoms with Crippen molar-refractivity contribution < 1.29 is 4.79 Å². The number of piperidine rings is 1. The summed E-state index contributed by atoms with van der Waals surface area (Å²) in [5.74, 6) is 0.743. The number of likely N-dealkylation sites (N-methyl/N-ethyl adjacent to an activating group) is 1. The first-order valence-electron chi connectivity index (χ1n) is 10.3. The molecule has 2 heterocycles. The fourth-order valence-corrected chi connectivity index (χ4v) is 4.42. The van der Waals surface area contributed by atoms with Gasteiger partial charge >= 0.3 is 0 Å². The lowest BCUT2D eigenvalue weighted by molar-refractivity contribution is -0.137. The lowest BCUT2D eigenvalue weighted by Gasteiger charge is -2.36. The molecule has 1 fully saturated rings. The zero-order valence-corrected chi connectivity index (χ0v) is 16.8. The minimum absolute atomic E-state index is 0.198. The summed E-state index contributed by atoms with van der Waals surface area (Å²) in [6, 6.07) is 18.5. The molecule has 0 bridgehead atoms. The lowest BCUT2D eigenvalue weighted by Crippen LogP contribution is -2.45. The van der Waals surface area contributed by atoms with Crippen molar-refractivity contribution in [1.82, 2.24) is 14.8 Å². The Morgan fingerprint density at radius 1 is 1.11 bits per heavy atom. The number of para-hydroxylation sites is 1. The number of benzene rings is 2. The summed E-state index contributed by atoms with van der Waals surface area (Å²) in [6.45, 7) is 4.59. The van der Waals surface area contributed by atoms with E-state index in [4.69, 9.17) is 0 Å². The zero-order valence-electron chi connectivity index (χ0n) is 16.8. The Morgan fingerprint density at radius 2 is 1.79 bits per heavy atom. The number of aromatic amines is 1. The molecular formula is C24H29N3O. The van der Waals surface area contributed by atoms with E-state index in [1.165, 1.54) is 16.5 Å². The second kappa shape index (κ2) is 8.19.